The van der Waals surface area contributed by atoms with Crippen LogP contribution in [0.5, 0.6) is 0 Å². The van der Waals surface area contributed by atoms with Crippen LogP contribution in [0, 0.1) is 17.8 Å². The molecule has 96 valence electrons. The molecule has 4 aliphatic rings. The van der Waals surface area contributed by atoms with Gasteiger partial charge in [0.25, 0.3) is 0 Å². The molecule has 0 saturated heterocycles. The molecule has 4 bridgehead atoms. The van der Waals surface area contributed by atoms with Crippen LogP contribution in [0.2, 0.25) is 0 Å². The summed E-state index contributed by atoms with van der Waals surface area (Å²) in [5.74, 6) is 3.01. The van der Waals surface area contributed by atoms with Crippen LogP contribution in [0.25, 0.3) is 0 Å². The third kappa shape index (κ3) is 1.52. The molecule has 0 spiro atoms. The molecule has 0 unspecified atom stereocenters. The largest absolute Gasteiger partial charge is 0.294 e. The minimum absolute atomic E-state index is 0.170. The Hall–Kier alpha value is -0.700. The van der Waals surface area contributed by atoms with Crippen LogP contribution in [0.3, 0.4) is 0 Å². The summed E-state index contributed by atoms with van der Waals surface area (Å²) in [5, 5.41) is 1.27. The fourth-order valence-electron chi connectivity index (χ4n) is 5.05. The quantitative estimate of drug-likeness (QED) is 0.758. The molecule has 5 rings (SSSR count). The van der Waals surface area contributed by atoms with Gasteiger partial charge in [-0.3, -0.25) is 4.79 Å². The molecular weight excluding hydrogens is 242 g/mol. The van der Waals surface area contributed by atoms with Crippen molar-refractivity contribution in [3.8, 4) is 0 Å². The first-order chi connectivity index (χ1) is 8.64. The van der Waals surface area contributed by atoms with Gasteiger partial charge in [0, 0.05) is 18.5 Å². The Morgan fingerprint density at radius 2 is 1.78 bits per heavy atom. The number of thiazole rings is 1. The number of hydrogen-bond acceptors (Lipinski definition) is 3. The van der Waals surface area contributed by atoms with Gasteiger partial charge >= 0.3 is 0 Å². The topological polar surface area (TPSA) is 30.0 Å². The van der Waals surface area contributed by atoms with Crippen LogP contribution < -0.4 is 0 Å². The van der Waals surface area contributed by atoms with E-state index >= 15 is 0 Å². The minimum Gasteiger partial charge on any atom is -0.294 e. The van der Waals surface area contributed by atoms with E-state index in [1.807, 2.05) is 0 Å². The van der Waals surface area contributed by atoms with Crippen LogP contribution in [-0.4, -0.2) is 10.8 Å². The van der Waals surface area contributed by atoms with Crippen molar-refractivity contribution in [1.29, 1.82) is 0 Å². The highest BCUT2D eigenvalue weighted by atomic mass is 32.1. The van der Waals surface area contributed by atoms with Crippen molar-refractivity contribution >= 4 is 17.1 Å². The van der Waals surface area contributed by atoms with E-state index in [1.165, 1.54) is 43.5 Å². The van der Waals surface area contributed by atoms with E-state index in [-0.39, 0.29) is 5.78 Å². The van der Waals surface area contributed by atoms with Crippen LogP contribution >= 0.6 is 11.3 Å². The second kappa shape index (κ2) is 3.66. The number of rotatable bonds is 2. The van der Waals surface area contributed by atoms with E-state index in [9.17, 15) is 4.79 Å². The van der Waals surface area contributed by atoms with Gasteiger partial charge in [0.15, 0.2) is 5.78 Å². The Morgan fingerprint density at radius 1 is 1.22 bits per heavy atom. The Kier molecular flexibility index (Phi) is 2.27. The molecule has 0 aliphatic heterocycles. The second-order valence-electron chi connectivity index (χ2n) is 6.78. The maximum Gasteiger partial charge on any atom is 0.171 e. The first-order valence-corrected chi connectivity index (χ1v) is 7.93. The number of ketones is 1. The summed E-state index contributed by atoms with van der Waals surface area (Å²) in [7, 11) is 0. The second-order valence-corrected chi connectivity index (χ2v) is 7.81. The summed E-state index contributed by atoms with van der Waals surface area (Å²) < 4.78 is 0. The molecule has 1 aromatic rings. The van der Waals surface area contributed by atoms with Crippen molar-refractivity contribution in [2.24, 2.45) is 17.8 Å². The maximum atomic E-state index is 11.5. The van der Waals surface area contributed by atoms with Crippen molar-refractivity contribution in [1.82, 2.24) is 4.98 Å². The highest BCUT2D eigenvalue weighted by Gasteiger charge is 2.52. The van der Waals surface area contributed by atoms with Crippen LogP contribution in [0.15, 0.2) is 6.20 Å². The molecule has 2 nitrogen and oxygen atoms in total. The molecular formula is C15H19NOS. The van der Waals surface area contributed by atoms with E-state index in [1.54, 1.807) is 24.5 Å². The van der Waals surface area contributed by atoms with Gasteiger partial charge in [-0.15, -0.1) is 11.3 Å². The van der Waals surface area contributed by atoms with Crippen molar-refractivity contribution in [2.45, 2.75) is 50.9 Å². The van der Waals surface area contributed by atoms with E-state index in [0.717, 1.165) is 22.6 Å². The third-order valence-corrected chi connectivity index (χ3v) is 6.69. The predicted octanol–water partition coefficient (Wildman–Crippen LogP) is 3.81. The molecule has 0 aromatic carbocycles. The molecule has 3 heteroatoms. The molecule has 4 fully saturated rings. The highest BCUT2D eigenvalue weighted by molar-refractivity contribution is 7.13. The number of aromatic nitrogens is 1. The third-order valence-electron chi connectivity index (χ3n) is 5.34. The van der Waals surface area contributed by atoms with Gasteiger partial charge in [0.2, 0.25) is 0 Å². The lowest BCUT2D eigenvalue weighted by molar-refractivity contribution is -0.00527. The van der Waals surface area contributed by atoms with Gasteiger partial charge in [-0.1, -0.05) is 0 Å². The first-order valence-electron chi connectivity index (χ1n) is 7.12. The molecule has 4 aliphatic carbocycles. The van der Waals surface area contributed by atoms with Gasteiger partial charge in [-0.05, 0) is 56.3 Å². The molecule has 0 N–H and O–H groups in total. The lowest BCUT2D eigenvalue weighted by Crippen LogP contribution is -2.48. The summed E-state index contributed by atoms with van der Waals surface area (Å²) in [5.41, 5.74) is 0.354. The van der Waals surface area contributed by atoms with Crippen molar-refractivity contribution in [3.63, 3.8) is 0 Å². The zero-order valence-corrected chi connectivity index (χ0v) is 11.6. The molecule has 1 heterocycles. The Balaban J connectivity index is 1.72. The standard InChI is InChI=1S/C15H19NOS/c1-9(17)13-8-16-14(18-13)15-5-10-2-11(6-15)4-12(3-10)7-15/h8,10-12H,2-7H2,1H3. The van der Waals surface area contributed by atoms with E-state index in [0.29, 0.717) is 5.41 Å². The lowest BCUT2D eigenvalue weighted by Gasteiger charge is -2.56. The maximum absolute atomic E-state index is 11.5. The number of carbonyl (C=O) groups is 1. The molecule has 0 radical (unpaired) electrons. The van der Waals surface area contributed by atoms with Gasteiger partial charge in [0.05, 0.1) is 9.88 Å². The number of carbonyl (C=O) groups excluding carboxylic acids is 1. The Morgan fingerprint density at radius 3 is 2.22 bits per heavy atom. The highest BCUT2D eigenvalue weighted by Crippen LogP contribution is 2.61. The number of Topliss-reactive ketones (excluding diaryl/α,β-unsaturated/α-hetero) is 1. The normalized spacial score (nSPS) is 41.3. The summed E-state index contributed by atoms with van der Waals surface area (Å²) in [6.07, 6.45) is 10.2. The first kappa shape index (κ1) is 11.2. The monoisotopic (exact) mass is 261 g/mol. The zero-order valence-electron chi connectivity index (χ0n) is 10.8. The van der Waals surface area contributed by atoms with Gasteiger partial charge < -0.3 is 0 Å². The van der Waals surface area contributed by atoms with Gasteiger partial charge in [-0.2, -0.15) is 0 Å². The van der Waals surface area contributed by atoms with Crippen molar-refractivity contribution in [2.75, 3.05) is 0 Å². The average Bonchev–Trinajstić information content (AvgIpc) is 2.76. The molecule has 1 aromatic heterocycles. The van der Waals surface area contributed by atoms with E-state index in [2.05, 4.69) is 4.98 Å². The fourth-order valence-corrected chi connectivity index (χ4v) is 6.08. The molecule has 0 atom stereocenters. The van der Waals surface area contributed by atoms with Crippen LogP contribution in [0.4, 0.5) is 0 Å². The minimum atomic E-state index is 0.170. The van der Waals surface area contributed by atoms with E-state index < -0.39 is 0 Å². The lowest BCUT2D eigenvalue weighted by atomic mass is 9.50. The summed E-state index contributed by atoms with van der Waals surface area (Å²) in [6, 6.07) is 0. The average molecular weight is 261 g/mol. The number of hydrogen-bond donors (Lipinski definition) is 0. The van der Waals surface area contributed by atoms with Crippen LogP contribution in [-0.2, 0) is 5.41 Å². The summed E-state index contributed by atoms with van der Waals surface area (Å²) >= 11 is 1.67. The van der Waals surface area contributed by atoms with Crippen molar-refractivity contribution < 1.29 is 4.79 Å². The molecule has 18 heavy (non-hydrogen) atoms. The Bertz CT molecular complexity index is 469. The van der Waals surface area contributed by atoms with Gasteiger partial charge in [-0.25, -0.2) is 4.98 Å². The van der Waals surface area contributed by atoms with Crippen molar-refractivity contribution in [3.05, 3.63) is 16.1 Å². The smallest absolute Gasteiger partial charge is 0.171 e. The molecule has 0 amide bonds. The Labute approximate surface area is 112 Å². The fraction of sp³-hybridized carbons (Fsp3) is 0.733. The summed E-state index contributed by atoms with van der Waals surface area (Å²) in [6.45, 7) is 1.65. The predicted molar refractivity (Wildman–Crippen MR) is 72.0 cm³/mol. The van der Waals surface area contributed by atoms with Crippen LogP contribution in [0.1, 0.15) is 60.1 Å². The van der Waals surface area contributed by atoms with Gasteiger partial charge in [0.1, 0.15) is 0 Å². The van der Waals surface area contributed by atoms with E-state index in [4.69, 9.17) is 0 Å². The molecule has 4 saturated carbocycles. The zero-order chi connectivity index (χ0) is 12.3. The summed E-state index contributed by atoms with van der Waals surface area (Å²) in [4.78, 5) is 16.9. The SMILES string of the molecule is CC(=O)c1cnc(C23CC4CC(CC(C4)C2)C3)s1. The number of nitrogens with zero attached hydrogens (tertiary/aromatic N) is 1.